The minimum Gasteiger partial charge on any atom is -0.462 e. The third kappa shape index (κ3) is 5.43. The van der Waals surface area contributed by atoms with Gasteiger partial charge in [-0.3, -0.25) is 9.59 Å². The lowest BCUT2D eigenvalue weighted by Gasteiger charge is -2.10. The molecule has 0 saturated heterocycles. The highest BCUT2D eigenvalue weighted by Gasteiger charge is 2.17. The maximum atomic E-state index is 11.7. The van der Waals surface area contributed by atoms with E-state index in [0.29, 0.717) is 18.8 Å². The zero-order valence-corrected chi connectivity index (χ0v) is 12.4. The third-order valence-corrected chi connectivity index (χ3v) is 2.74. The van der Waals surface area contributed by atoms with Crippen LogP contribution in [0.1, 0.15) is 23.7 Å². The molecule has 0 atom stereocenters. The predicted molar refractivity (Wildman–Crippen MR) is 79.4 cm³/mol. The van der Waals surface area contributed by atoms with E-state index in [-0.39, 0.29) is 17.9 Å². The fourth-order valence-electron chi connectivity index (χ4n) is 1.51. The summed E-state index contributed by atoms with van der Waals surface area (Å²) in [7, 11) is 0. The Bertz CT molecular complexity index is 519. The molecule has 6 nitrogen and oxygen atoms in total. The van der Waals surface area contributed by atoms with Gasteiger partial charge in [-0.15, -0.1) is 11.6 Å². The predicted octanol–water partition coefficient (Wildman–Crippen LogP) is 1.55. The monoisotopic (exact) mass is 312 g/mol. The second kappa shape index (κ2) is 8.97. The number of benzene rings is 1. The Kier molecular flexibility index (Phi) is 7.25. The average Bonchev–Trinajstić information content (AvgIpc) is 2.48. The van der Waals surface area contributed by atoms with Gasteiger partial charge in [-0.05, 0) is 25.5 Å². The number of carbonyl (C=O) groups is 3. The second-order valence-electron chi connectivity index (χ2n) is 4.02. The molecule has 0 aromatic heterocycles. The molecular weight excluding hydrogens is 296 g/mol. The molecule has 0 unspecified atom stereocenters. The van der Waals surface area contributed by atoms with Gasteiger partial charge in [-0.25, -0.2) is 4.79 Å². The Balaban J connectivity index is 2.72. The third-order valence-electron chi connectivity index (χ3n) is 2.47. The highest BCUT2D eigenvalue weighted by Crippen LogP contribution is 2.16. The molecule has 0 aliphatic carbocycles. The van der Waals surface area contributed by atoms with Crippen molar-refractivity contribution >= 4 is 35.1 Å². The van der Waals surface area contributed by atoms with Crippen LogP contribution in [0, 0.1) is 0 Å². The highest BCUT2D eigenvalue weighted by atomic mass is 35.5. The molecule has 0 heterocycles. The number of halogens is 1. The topological polar surface area (TPSA) is 84.5 Å². The van der Waals surface area contributed by atoms with Gasteiger partial charge in [0.15, 0.2) is 0 Å². The summed E-state index contributed by atoms with van der Waals surface area (Å²) in [5, 5.41) is 4.82. The van der Waals surface area contributed by atoms with E-state index >= 15 is 0 Å². The van der Waals surface area contributed by atoms with Crippen molar-refractivity contribution in [1.29, 1.82) is 0 Å². The van der Waals surface area contributed by atoms with Crippen molar-refractivity contribution < 1.29 is 19.1 Å². The molecule has 2 amide bonds. The summed E-state index contributed by atoms with van der Waals surface area (Å²) in [5.74, 6) is -1.79. The van der Waals surface area contributed by atoms with Crippen LogP contribution in [0.25, 0.3) is 0 Å². The number of hydrogen-bond acceptors (Lipinski definition) is 4. The van der Waals surface area contributed by atoms with Crippen LogP contribution in [0.4, 0.5) is 5.69 Å². The van der Waals surface area contributed by atoms with E-state index in [9.17, 15) is 14.4 Å². The number of ether oxygens (including phenoxy) is 1. The zero-order valence-electron chi connectivity index (χ0n) is 11.6. The number of amides is 2. The summed E-state index contributed by atoms with van der Waals surface area (Å²) >= 11 is 5.48. The molecule has 0 saturated carbocycles. The first-order valence-corrected chi connectivity index (χ1v) is 7.04. The standard InChI is InChI=1S/C14H17ClN2O4/c1-2-21-14(20)10-6-3-4-7-11(10)17-13(19)12(18)16-9-5-8-15/h3-4,6-7H,2,5,8-9H2,1H3,(H,16,18)(H,17,19). The van der Waals surface area contributed by atoms with Gasteiger partial charge in [-0.1, -0.05) is 12.1 Å². The SMILES string of the molecule is CCOC(=O)c1ccccc1NC(=O)C(=O)NCCCCl. The van der Waals surface area contributed by atoms with Crippen molar-refractivity contribution in [3.05, 3.63) is 29.8 Å². The Morgan fingerprint density at radius 2 is 1.90 bits per heavy atom. The maximum absolute atomic E-state index is 11.7. The van der Waals surface area contributed by atoms with Crippen LogP contribution in [0.15, 0.2) is 24.3 Å². The summed E-state index contributed by atoms with van der Waals surface area (Å²) in [6.45, 7) is 2.22. The fraction of sp³-hybridized carbons (Fsp3) is 0.357. The van der Waals surface area contributed by atoms with Crippen LogP contribution in [-0.4, -0.2) is 36.8 Å². The lowest BCUT2D eigenvalue weighted by Crippen LogP contribution is -2.36. The first-order chi connectivity index (χ1) is 10.1. The summed E-state index contributed by atoms with van der Waals surface area (Å²) in [6, 6.07) is 6.32. The molecule has 1 aromatic rings. The van der Waals surface area contributed by atoms with Crippen molar-refractivity contribution in [1.82, 2.24) is 5.32 Å². The molecule has 0 aliphatic heterocycles. The van der Waals surface area contributed by atoms with E-state index < -0.39 is 17.8 Å². The molecule has 0 aliphatic rings. The summed E-state index contributed by atoms with van der Waals surface area (Å²) in [6.07, 6.45) is 0.569. The number of nitrogens with one attached hydrogen (secondary N) is 2. The second-order valence-corrected chi connectivity index (χ2v) is 4.40. The van der Waals surface area contributed by atoms with Gasteiger partial charge in [0.2, 0.25) is 0 Å². The molecular formula is C14H17ClN2O4. The largest absolute Gasteiger partial charge is 0.462 e. The average molecular weight is 313 g/mol. The Hall–Kier alpha value is -2.08. The number of anilines is 1. The van der Waals surface area contributed by atoms with Crippen molar-refractivity contribution in [2.24, 2.45) is 0 Å². The van der Waals surface area contributed by atoms with Crippen molar-refractivity contribution in [2.75, 3.05) is 24.3 Å². The number of alkyl halides is 1. The van der Waals surface area contributed by atoms with Gasteiger partial charge in [0.05, 0.1) is 17.9 Å². The van der Waals surface area contributed by atoms with Gasteiger partial charge in [0, 0.05) is 12.4 Å². The van der Waals surface area contributed by atoms with Crippen LogP contribution < -0.4 is 10.6 Å². The van der Waals surface area contributed by atoms with E-state index in [0.717, 1.165) is 0 Å². The van der Waals surface area contributed by atoms with Gasteiger partial charge < -0.3 is 15.4 Å². The molecule has 0 radical (unpaired) electrons. The van der Waals surface area contributed by atoms with Crippen LogP contribution in [-0.2, 0) is 14.3 Å². The molecule has 114 valence electrons. The lowest BCUT2D eigenvalue weighted by atomic mass is 10.2. The molecule has 21 heavy (non-hydrogen) atoms. The minimum atomic E-state index is -0.846. The number of carbonyl (C=O) groups excluding carboxylic acids is 3. The first kappa shape index (κ1) is 17.0. The van der Waals surface area contributed by atoms with E-state index in [4.69, 9.17) is 16.3 Å². The zero-order chi connectivity index (χ0) is 15.7. The number of hydrogen-bond donors (Lipinski definition) is 2. The van der Waals surface area contributed by atoms with Crippen LogP contribution in [0.2, 0.25) is 0 Å². The molecule has 0 bridgehead atoms. The van der Waals surface area contributed by atoms with Gasteiger partial charge in [0.1, 0.15) is 0 Å². The summed E-state index contributed by atoms with van der Waals surface area (Å²) in [5.41, 5.74) is 0.426. The van der Waals surface area contributed by atoms with Crippen molar-refractivity contribution in [3.63, 3.8) is 0 Å². The van der Waals surface area contributed by atoms with Gasteiger partial charge >= 0.3 is 17.8 Å². The summed E-state index contributed by atoms with van der Waals surface area (Å²) in [4.78, 5) is 35.0. The molecule has 1 rings (SSSR count). The Morgan fingerprint density at radius 1 is 1.19 bits per heavy atom. The number of rotatable bonds is 6. The fourth-order valence-corrected chi connectivity index (χ4v) is 1.64. The first-order valence-electron chi connectivity index (χ1n) is 6.51. The van der Waals surface area contributed by atoms with E-state index in [1.807, 2.05) is 0 Å². The highest BCUT2D eigenvalue weighted by molar-refractivity contribution is 6.40. The maximum Gasteiger partial charge on any atom is 0.340 e. The van der Waals surface area contributed by atoms with Crippen LogP contribution in [0.5, 0.6) is 0 Å². The number of esters is 1. The molecule has 0 fully saturated rings. The normalized spacial score (nSPS) is 9.81. The number of para-hydroxylation sites is 1. The molecule has 0 spiro atoms. The smallest absolute Gasteiger partial charge is 0.340 e. The quantitative estimate of drug-likeness (QED) is 0.361. The summed E-state index contributed by atoms with van der Waals surface area (Å²) < 4.78 is 4.88. The van der Waals surface area contributed by atoms with Crippen molar-refractivity contribution in [2.45, 2.75) is 13.3 Å². The molecule has 2 N–H and O–H groups in total. The van der Waals surface area contributed by atoms with Crippen LogP contribution >= 0.6 is 11.6 Å². The Labute approximate surface area is 127 Å². The van der Waals surface area contributed by atoms with Gasteiger partial charge in [0.25, 0.3) is 0 Å². The van der Waals surface area contributed by atoms with Crippen LogP contribution in [0.3, 0.4) is 0 Å². The van der Waals surface area contributed by atoms with E-state index in [1.54, 1.807) is 19.1 Å². The van der Waals surface area contributed by atoms with E-state index in [2.05, 4.69) is 10.6 Å². The molecule has 7 heteroatoms. The minimum absolute atomic E-state index is 0.196. The van der Waals surface area contributed by atoms with Crippen molar-refractivity contribution in [3.8, 4) is 0 Å². The van der Waals surface area contributed by atoms with Gasteiger partial charge in [-0.2, -0.15) is 0 Å². The Morgan fingerprint density at radius 3 is 2.57 bits per heavy atom. The molecule has 1 aromatic carbocycles. The van der Waals surface area contributed by atoms with E-state index in [1.165, 1.54) is 12.1 Å². The lowest BCUT2D eigenvalue weighted by molar-refractivity contribution is -0.136.